The van der Waals surface area contributed by atoms with Gasteiger partial charge in [0.15, 0.2) is 0 Å². The van der Waals surface area contributed by atoms with Crippen molar-refractivity contribution in [2.24, 2.45) is 4.99 Å². The summed E-state index contributed by atoms with van der Waals surface area (Å²) in [5.41, 5.74) is 2.27. The smallest absolute Gasteiger partial charge is 0.119 e. The summed E-state index contributed by atoms with van der Waals surface area (Å²) >= 11 is 0. The molecule has 1 atom stereocenters. The summed E-state index contributed by atoms with van der Waals surface area (Å²) in [5.74, 6) is 2.16. The summed E-state index contributed by atoms with van der Waals surface area (Å²) in [6.07, 6.45) is 2.69. The fourth-order valence-corrected chi connectivity index (χ4v) is 2.74. The fraction of sp³-hybridized carbons (Fsp3) is 0.333. The van der Waals surface area contributed by atoms with Crippen molar-refractivity contribution in [2.45, 2.75) is 19.3 Å². The highest BCUT2D eigenvalue weighted by Gasteiger charge is 2.20. The van der Waals surface area contributed by atoms with Gasteiger partial charge in [-0.15, -0.1) is 0 Å². The normalized spacial score (nSPS) is 15.0. The first-order chi connectivity index (χ1) is 10.9. The van der Waals surface area contributed by atoms with Gasteiger partial charge in [0.25, 0.3) is 0 Å². The number of ether oxygens (including phenoxy) is 1. The van der Waals surface area contributed by atoms with Gasteiger partial charge in [-0.1, -0.05) is 18.2 Å². The van der Waals surface area contributed by atoms with Crippen LogP contribution in [0.4, 0.5) is 0 Å². The lowest BCUT2D eigenvalue weighted by Gasteiger charge is -2.18. The number of pyridine rings is 1. The predicted octanol–water partition coefficient (Wildman–Crippen LogP) is 3.00. The molecule has 2 heterocycles. The molecule has 4 heteroatoms. The van der Waals surface area contributed by atoms with Crippen molar-refractivity contribution in [3.05, 3.63) is 59.9 Å². The summed E-state index contributed by atoms with van der Waals surface area (Å²) < 4.78 is 5.64. The maximum absolute atomic E-state index is 5.64. The second-order valence-corrected chi connectivity index (χ2v) is 5.27. The molecule has 1 aliphatic rings. The van der Waals surface area contributed by atoms with Gasteiger partial charge in [0.1, 0.15) is 5.75 Å². The molecule has 22 heavy (non-hydrogen) atoms. The molecule has 1 unspecified atom stereocenters. The van der Waals surface area contributed by atoms with Crippen molar-refractivity contribution in [3.63, 3.8) is 0 Å². The number of rotatable bonds is 6. The van der Waals surface area contributed by atoms with Crippen molar-refractivity contribution in [2.75, 3.05) is 19.7 Å². The molecule has 0 fully saturated rings. The van der Waals surface area contributed by atoms with Crippen LogP contribution in [0, 0.1) is 0 Å². The van der Waals surface area contributed by atoms with E-state index in [-0.39, 0.29) is 5.92 Å². The summed E-state index contributed by atoms with van der Waals surface area (Å²) in [7, 11) is 0. The van der Waals surface area contributed by atoms with E-state index in [4.69, 9.17) is 4.74 Å². The number of aromatic nitrogens is 1. The van der Waals surface area contributed by atoms with Gasteiger partial charge in [-0.05, 0) is 36.8 Å². The zero-order valence-corrected chi connectivity index (χ0v) is 12.8. The Labute approximate surface area is 131 Å². The molecule has 3 rings (SSSR count). The Balaban J connectivity index is 1.92. The van der Waals surface area contributed by atoms with Gasteiger partial charge >= 0.3 is 0 Å². The molecule has 1 aromatic carbocycles. The maximum Gasteiger partial charge on any atom is 0.119 e. The molecular formula is C18H21N3O. The van der Waals surface area contributed by atoms with Crippen LogP contribution in [-0.2, 0) is 0 Å². The average molecular weight is 295 g/mol. The van der Waals surface area contributed by atoms with Gasteiger partial charge in [0.05, 0.1) is 19.0 Å². The Morgan fingerprint density at radius 1 is 1.23 bits per heavy atom. The molecule has 0 aliphatic carbocycles. The second-order valence-electron chi connectivity index (χ2n) is 5.27. The van der Waals surface area contributed by atoms with Crippen LogP contribution in [0.25, 0.3) is 0 Å². The zero-order valence-electron chi connectivity index (χ0n) is 12.8. The van der Waals surface area contributed by atoms with Gasteiger partial charge in [-0.2, -0.15) is 0 Å². The molecule has 1 aromatic heterocycles. The molecule has 1 aliphatic heterocycles. The summed E-state index contributed by atoms with van der Waals surface area (Å²) in [6, 6.07) is 14.3. The van der Waals surface area contributed by atoms with E-state index in [1.165, 1.54) is 5.56 Å². The molecule has 2 aromatic rings. The van der Waals surface area contributed by atoms with E-state index in [0.717, 1.165) is 36.8 Å². The van der Waals surface area contributed by atoms with Crippen molar-refractivity contribution in [1.82, 2.24) is 10.3 Å². The van der Waals surface area contributed by atoms with Crippen molar-refractivity contribution >= 4 is 5.84 Å². The van der Waals surface area contributed by atoms with E-state index in [2.05, 4.69) is 33.5 Å². The van der Waals surface area contributed by atoms with E-state index in [0.29, 0.717) is 6.61 Å². The lowest BCUT2D eigenvalue weighted by atomic mass is 9.91. The van der Waals surface area contributed by atoms with E-state index in [9.17, 15) is 0 Å². The Morgan fingerprint density at radius 3 is 2.91 bits per heavy atom. The summed E-state index contributed by atoms with van der Waals surface area (Å²) in [4.78, 5) is 9.08. The van der Waals surface area contributed by atoms with Crippen LogP contribution in [-0.4, -0.2) is 30.5 Å². The first kappa shape index (κ1) is 14.6. The molecule has 0 bridgehead atoms. The molecule has 114 valence electrons. The first-order valence-corrected chi connectivity index (χ1v) is 7.77. The highest BCUT2D eigenvalue weighted by molar-refractivity contribution is 5.84. The number of hydrogen-bond donors (Lipinski definition) is 1. The van der Waals surface area contributed by atoms with Gasteiger partial charge in [0, 0.05) is 30.8 Å². The lowest BCUT2D eigenvalue weighted by molar-refractivity contribution is 0.340. The van der Waals surface area contributed by atoms with Gasteiger partial charge < -0.3 is 10.1 Å². The van der Waals surface area contributed by atoms with Crippen molar-refractivity contribution in [3.8, 4) is 5.75 Å². The molecule has 1 N–H and O–H groups in total. The second kappa shape index (κ2) is 7.07. The van der Waals surface area contributed by atoms with Crippen LogP contribution in [0.3, 0.4) is 0 Å². The number of aliphatic imine (C=N–C) groups is 1. The molecular weight excluding hydrogens is 274 g/mol. The minimum Gasteiger partial charge on any atom is -0.494 e. The van der Waals surface area contributed by atoms with Gasteiger partial charge in [-0.3, -0.25) is 9.98 Å². The Morgan fingerprint density at radius 2 is 2.18 bits per heavy atom. The predicted molar refractivity (Wildman–Crippen MR) is 88.6 cm³/mol. The van der Waals surface area contributed by atoms with Crippen molar-refractivity contribution in [1.29, 1.82) is 0 Å². The standard InChI is InChI=1S/C18H21N3O/c1-2-22-15-7-5-6-14(12-15)16(13-18-20-10-11-21-18)17-8-3-4-9-19-17/h3-9,12,16H,2,10-11,13H2,1H3,(H,20,21). The third-order valence-electron chi connectivity index (χ3n) is 3.76. The quantitative estimate of drug-likeness (QED) is 0.891. The van der Waals surface area contributed by atoms with Crippen LogP contribution in [0.15, 0.2) is 53.7 Å². The van der Waals surface area contributed by atoms with Crippen LogP contribution in [0.5, 0.6) is 5.75 Å². The van der Waals surface area contributed by atoms with Crippen LogP contribution in [0.2, 0.25) is 0 Å². The minimum atomic E-state index is 0.186. The molecule has 0 spiro atoms. The average Bonchev–Trinajstić information content (AvgIpc) is 3.07. The highest BCUT2D eigenvalue weighted by Crippen LogP contribution is 2.29. The summed E-state index contributed by atoms with van der Waals surface area (Å²) in [6.45, 7) is 4.47. The zero-order chi connectivity index (χ0) is 15.2. The van der Waals surface area contributed by atoms with Crippen LogP contribution >= 0.6 is 0 Å². The van der Waals surface area contributed by atoms with Gasteiger partial charge in [-0.25, -0.2) is 0 Å². The molecule has 0 amide bonds. The van der Waals surface area contributed by atoms with E-state index in [1.54, 1.807) is 0 Å². The number of amidine groups is 1. The fourth-order valence-electron chi connectivity index (χ4n) is 2.74. The molecule has 4 nitrogen and oxygen atoms in total. The Hall–Kier alpha value is -2.36. The third-order valence-corrected chi connectivity index (χ3v) is 3.76. The third kappa shape index (κ3) is 3.45. The molecule has 0 saturated heterocycles. The van der Waals surface area contributed by atoms with Gasteiger partial charge in [0.2, 0.25) is 0 Å². The number of nitrogens with zero attached hydrogens (tertiary/aromatic N) is 2. The number of benzene rings is 1. The van der Waals surface area contributed by atoms with E-state index in [1.807, 2.05) is 37.4 Å². The molecule has 0 radical (unpaired) electrons. The topological polar surface area (TPSA) is 46.5 Å². The van der Waals surface area contributed by atoms with E-state index >= 15 is 0 Å². The minimum absolute atomic E-state index is 0.186. The van der Waals surface area contributed by atoms with Crippen LogP contribution in [0.1, 0.15) is 30.5 Å². The Kier molecular flexibility index (Phi) is 4.68. The Bertz CT molecular complexity index is 640. The first-order valence-electron chi connectivity index (χ1n) is 7.77. The van der Waals surface area contributed by atoms with E-state index < -0.39 is 0 Å². The molecule has 0 saturated carbocycles. The maximum atomic E-state index is 5.64. The highest BCUT2D eigenvalue weighted by atomic mass is 16.5. The summed E-state index contributed by atoms with van der Waals surface area (Å²) in [5, 5.41) is 3.36. The number of nitrogens with one attached hydrogen (secondary N) is 1. The monoisotopic (exact) mass is 295 g/mol. The number of hydrogen-bond acceptors (Lipinski definition) is 4. The lowest BCUT2D eigenvalue weighted by Crippen LogP contribution is -2.21. The van der Waals surface area contributed by atoms with Crippen LogP contribution < -0.4 is 10.1 Å². The largest absolute Gasteiger partial charge is 0.494 e. The van der Waals surface area contributed by atoms with Crippen molar-refractivity contribution < 1.29 is 4.74 Å². The SMILES string of the molecule is CCOc1cccc(C(CC2=NCCN2)c2ccccn2)c1.